The number of carboxylic acid groups (broad SMARTS) is 1. The Bertz CT molecular complexity index is 451. The Hall–Kier alpha value is -1.68. The number of nitrogens with zero attached hydrogens (tertiary/aromatic N) is 1. The zero-order valence-corrected chi connectivity index (χ0v) is 7.99. The Balaban J connectivity index is 2.58. The van der Waals surface area contributed by atoms with Gasteiger partial charge in [0, 0.05) is 10.9 Å². The minimum atomic E-state index is -0.923. The summed E-state index contributed by atoms with van der Waals surface area (Å²) in [6.45, 7) is 0. The van der Waals surface area contributed by atoms with Crippen molar-refractivity contribution in [1.82, 2.24) is 4.37 Å². The van der Waals surface area contributed by atoms with Crippen molar-refractivity contribution < 1.29 is 9.90 Å². The van der Waals surface area contributed by atoms with E-state index in [4.69, 9.17) is 5.11 Å². The Morgan fingerprint density at radius 1 is 1.29 bits per heavy atom. The molecule has 0 aliphatic carbocycles. The summed E-state index contributed by atoms with van der Waals surface area (Å²) in [6, 6.07) is 8.67. The van der Waals surface area contributed by atoms with Gasteiger partial charge in [0.15, 0.2) is 0 Å². The van der Waals surface area contributed by atoms with Gasteiger partial charge >= 0.3 is 5.97 Å². The lowest BCUT2D eigenvalue weighted by Gasteiger charge is -2.01. The first-order valence-corrected chi connectivity index (χ1v) is 4.86. The highest BCUT2D eigenvalue weighted by Gasteiger charge is 2.11. The van der Waals surface area contributed by atoms with Gasteiger partial charge in [-0.1, -0.05) is 18.2 Å². The van der Waals surface area contributed by atoms with E-state index in [9.17, 15) is 4.79 Å². The summed E-state index contributed by atoms with van der Waals surface area (Å²) in [6.07, 6.45) is 0. The van der Waals surface area contributed by atoms with Crippen LogP contribution in [0.2, 0.25) is 0 Å². The molecule has 1 heterocycles. The van der Waals surface area contributed by atoms with Gasteiger partial charge < -0.3 is 5.11 Å². The van der Waals surface area contributed by atoms with Crippen LogP contribution < -0.4 is 0 Å². The highest BCUT2D eigenvalue weighted by Crippen LogP contribution is 2.22. The van der Waals surface area contributed by atoms with E-state index in [2.05, 4.69) is 4.37 Å². The minimum Gasteiger partial charge on any atom is -0.478 e. The van der Waals surface area contributed by atoms with Gasteiger partial charge in [-0.3, -0.25) is 0 Å². The Morgan fingerprint density at radius 2 is 2.07 bits per heavy atom. The SMILES string of the molecule is O=C(O)c1ccccc1-c1ccsn1. The van der Waals surface area contributed by atoms with Crippen LogP contribution in [0.15, 0.2) is 35.7 Å². The maximum absolute atomic E-state index is 10.9. The Morgan fingerprint density at radius 3 is 2.71 bits per heavy atom. The predicted octanol–water partition coefficient (Wildman–Crippen LogP) is 2.51. The fraction of sp³-hybridized carbons (Fsp3) is 0. The summed E-state index contributed by atoms with van der Waals surface area (Å²) in [5.74, 6) is -0.923. The summed E-state index contributed by atoms with van der Waals surface area (Å²) in [5.41, 5.74) is 1.67. The average molecular weight is 205 g/mol. The molecule has 0 aliphatic rings. The van der Waals surface area contributed by atoms with E-state index in [-0.39, 0.29) is 0 Å². The van der Waals surface area contributed by atoms with Crippen LogP contribution in [0.5, 0.6) is 0 Å². The third kappa shape index (κ3) is 1.52. The van der Waals surface area contributed by atoms with Gasteiger partial charge in [0.1, 0.15) is 0 Å². The molecular formula is C10H7NO2S. The molecule has 14 heavy (non-hydrogen) atoms. The molecule has 0 unspecified atom stereocenters. The van der Waals surface area contributed by atoms with E-state index in [1.54, 1.807) is 24.3 Å². The van der Waals surface area contributed by atoms with Crippen LogP contribution in [0.25, 0.3) is 11.3 Å². The maximum Gasteiger partial charge on any atom is 0.336 e. The number of carboxylic acids is 1. The molecule has 3 nitrogen and oxygen atoms in total. The van der Waals surface area contributed by atoms with Crippen molar-refractivity contribution >= 4 is 17.5 Å². The molecule has 1 aromatic carbocycles. The van der Waals surface area contributed by atoms with E-state index >= 15 is 0 Å². The molecule has 1 aromatic heterocycles. The number of hydrogen-bond acceptors (Lipinski definition) is 3. The average Bonchev–Trinajstić information content (AvgIpc) is 2.70. The second-order valence-electron chi connectivity index (χ2n) is 2.74. The summed E-state index contributed by atoms with van der Waals surface area (Å²) < 4.78 is 4.11. The van der Waals surface area contributed by atoms with Crippen molar-refractivity contribution in [3.63, 3.8) is 0 Å². The maximum atomic E-state index is 10.9. The molecular weight excluding hydrogens is 198 g/mol. The number of aromatic carboxylic acids is 1. The van der Waals surface area contributed by atoms with Crippen LogP contribution in [0.1, 0.15) is 10.4 Å². The quantitative estimate of drug-likeness (QED) is 0.819. The lowest BCUT2D eigenvalue weighted by molar-refractivity contribution is 0.0697. The second-order valence-corrected chi connectivity index (χ2v) is 3.40. The first kappa shape index (κ1) is 8.90. The molecule has 1 N–H and O–H groups in total. The number of rotatable bonds is 2. The van der Waals surface area contributed by atoms with E-state index in [0.29, 0.717) is 16.8 Å². The molecule has 0 saturated carbocycles. The molecule has 70 valence electrons. The number of benzene rings is 1. The highest BCUT2D eigenvalue weighted by atomic mass is 32.1. The molecule has 0 amide bonds. The Kier molecular flexibility index (Phi) is 2.28. The molecule has 0 radical (unpaired) electrons. The lowest BCUT2D eigenvalue weighted by Crippen LogP contribution is -1.98. The highest BCUT2D eigenvalue weighted by molar-refractivity contribution is 7.03. The van der Waals surface area contributed by atoms with Crippen LogP contribution >= 0.6 is 11.5 Å². The number of hydrogen-bond donors (Lipinski definition) is 1. The summed E-state index contributed by atoms with van der Waals surface area (Å²) in [5, 5.41) is 10.8. The first-order valence-electron chi connectivity index (χ1n) is 4.02. The van der Waals surface area contributed by atoms with Crippen LogP contribution in [0, 0.1) is 0 Å². The van der Waals surface area contributed by atoms with Crippen LogP contribution in [-0.2, 0) is 0 Å². The zero-order valence-electron chi connectivity index (χ0n) is 7.18. The molecule has 0 atom stereocenters. The van der Waals surface area contributed by atoms with Crippen molar-refractivity contribution in [2.75, 3.05) is 0 Å². The lowest BCUT2D eigenvalue weighted by atomic mass is 10.1. The van der Waals surface area contributed by atoms with Crippen molar-refractivity contribution in [1.29, 1.82) is 0 Å². The predicted molar refractivity (Wildman–Crippen MR) is 54.5 cm³/mol. The molecule has 0 aliphatic heterocycles. The van der Waals surface area contributed by atoms with E-state index in [1.165, 1.54) is 11.5 Å². The van der Waals surface area contributed by atoms with Gasteiger partial charge in [-0.05, 0) is 23.7 Å². The van der Waals surface area contributed by atoms with E-state index in [0.717, 1.165) is 0 Å². The smallest absolute Gasteiger partial charge is 0.336 e. The molecule has 0 fully saturated rings. The van der Waals surface area contributed by atoms with Gasteiger partial charge in [0.25, 0.3) is 0 Å². The Labute approximate surface area is 84.8 Å². The summed E-state index contributed by atoms with van der Waals surface area (Å²) >= 11 is 1.31. The topological polar surface area (TPSA) is 50.2 Å². The molecule has 0 spiro atoms. The molecule has 0 bridgehead atoms. The van der Waals surface area contributed by atoms with Gasteiger partial charge in [-0.2, -0.15) is 4.37 Å². The van der Waals surface area contributed by atoms with Crippen LogP contribution in [0.4, 0.5) is 0 Å². The largest absolute Gasteiger partial charge is 0.478 e. The zero-order chi connectivity index (χ0) is 9.97. The van der Waals surface area contributed by atoms with Crippen molar-refractivity contribution in [3.05, 3.63) is 41.3 Å². The fourth-order valence-corrected chi connectivity index (χ4v) is 1.77. The van der Waals surface area contributed by atoms with Crippen molar-refractivity contribution in [2.24, 2.45) is 0 Å². The van der Waals surface area contributed by atoms with Gasteiger partial charge in [0.2, 0.25) is 0 Å². The number of aromatic nitrogens is 1. The van der Waals surface area contributed by atoms with Crippen LogP contribution in [0.3, 0.4) is 0 Å². The monoisotopic (exact) mass is 205 g/mol. The van der Waals surface area contributed by atoms with Crippen molar-refractivity contribution in [3.8, 4) is 11.3 Å². The minimum absolute atomic E-state index is 0.290. The number of carbonyl (C=O) groups is 1. The van der Waals surface area contributed by atoms with E-state index in [1.807, 2.05) is 11.4 Å². The van der Waals surface area contributed by atoms with E-state index < -0.39 is 5.97 Å². The normalized spacial score (nSPS) is 10.0. The fourth-order valence-electron chi connectivity index (χ4n) is 1.24. The molecule has 0 saturated heterocycles. The van der Waals surface area contributed by atoms with Gasteiger partial charge in [-0.15, -0.1) is 0 Å². The molecule has 4 heteroatoms. The van der Waals surface area contributed by atoms with Gasteiger partial charge in [-0.25, -0.2) is 4.79 Å². The second kappa shape index (κ2) is 3.59. The van der Waals surface area contributed by atoms with Crippen molar-refractivity contribution in [2.45, 2.75) is 0 Å². The molecule has 2 rings (SSSR count). The van der Waals surface area contributed by atoms with Gasteiger partial charge in [0.05, 0.1) is 11.3 Å². The molecule has 2 aromatic rings. The third-order valence-corrected chi connectivity index (χ3v) is 2.43. The third-order valence-electron chi connectivity index (χ3n) is 1.87. The van der Waals surface area contributed by atoms with Crippen LogP contribution in [-0.4, -0.2) is 15.4 Å². The standard InChI is InChI=1S/C10H7NO2S/c12-10(13)8-4-2-1-3-7(8)9-5-6-14-11-9/h1-6H,(H,12,13). The first-order chi connectivity index (χ1) is 6.79. The summed E-state index contributed by atoms with van der Waals surface area (Å²) in [4.78, 5) is 10.9. The summed E-state index contributed by atoms with van der Waals surface area (Å²) in [7, 11) is 0.